The lowest BCUT2D eigenvalue weighted by Crippen LogP contribution is -1.98. The molecule has 0 unspecified atom stereocenters. The highest BCUT2D eigenvalue weighted by Gasteiger charge is 2.03. The van der Waals surface area contributed by atoms with Crippen LogP contribution in [0, 0.1) is 0 Å². The maximum Gasteiger partial charge on any atom is 0.211 e. The summed E-state index contributed by atoms with van der Waals surface area (Å²) in [4.78, 5) is 14.0. The molecule has 2 aromatic rings. The van der Waals surface area contributed by atoms with E-state index in [1.165, 1.54) is 6.33 Å². The van der Waals surface area contributed by atoms with Gasteiger partial charge in [-0.2, -0.15) is 5.10 Å². The summed E-state index contributed by atoms with van der Waals surface area (Å²) in [7, 11) is 0. The van der Waals surface area contributed by atoms with Crippen LogP contribution >= 0.6 is 11.6 Å². The minimum atomic E-state index is 0.493. The van der Waals surface area contributed by atoms with Crippen LogP contribution in [-0.2, 0) is 4.79 Å². The standard InChI is InChI=1S/C9H7ClN4O/c10-8-3-7(12-6-15)1-2-9(8)14-5-11-4-13-14/h1-6H,(H,12,15). The number of hydrogen-bond donors (Lipinski definition) is 1. The Balaban J connectivity index is 2.39. The Labute approximate surface area is 90.7 Å². The van der Waals surface area contributed by atoms with Crippen LogP contribution in [0.2, 0.25) is 5.02 Å². The highest BCUT2D eigenvalue weighted by atomic mass is 35.5. The molecule has 1 heterocycles. The molecule has 0 fully saturated rings. The summed E-state index contributed by atoms with van der Waals surface area (Å²) >= 11 is 6.01. The molecular formula is C9H7ClN4O. The van der Waals surface area contributed by atoms with E-state index >= 15 is 0 Å². The van der Waals surface area contributed by atoms with E-state index in [1.807, 2.05) is 0 Å². The number of carbonyl (C=O) groups is 1. The van der Waals surface area contributed by atoms with Crippen molar-refractivity contribution < 1.29 is 4.79 Å². The minimum Gasteiger partial charge on any atom is -0.329 e. The van der Waals surface area contributed by atoms with Crippen molar-refractivity contribution >= 4 is 23.7 Å². The number of carbonyl (C=O) groups excluding carboxylic acids is 1. The molecule has 76 valence electrons. The van der Waals surface area contributed by atoms with E-state index in [0.29, 0.717) is 22.8 Å². The van der Waals surface area contributed by atoms with Gasteiger partial charge >= 0.3 is 0 Å². The van der Waals surface area contributed by atoms with Crippen molar-refractivity contribution in [2.45, 2.75) is 0 Å². The number of rotatable bonds is 3. The zero-order valence-electron chi connectivity index (χ0n) is 7.59. The van der Waals surface area contributed by atoms with Gasteiger partial charge in [0, 0.05) is 5.69 Å². The molecule has 0 aliphatic rings. The third-order valence-electron chi connectivity index (χ3n) is 1.84. The molecule has 5 nitrogen and oxygen atoms in total. The van der Waals surface area contributed by atoms with Gasteiger partial charge in [0.1, 0.15) is 12.7 Å². The predicted molar refractivity (Wildman–Crippen MR) is 56.1 cm³/mol. The van der Waals surface area contributed by atoms with Gasteiger partial charge in [0.05, 0.1) is 10.7 Å². The molecule has 0 saturated carbocycles. The highest BCUT2D eigenvalue weighted by Crippen LogP contribution is 2.23. The lowest BCUT2D eigenvalue weighted by atomic mass is 10.3. The summed E-state index contributed by atoms with van der Waals surface area (Å²) in [6, 6.07) is 5.13. The summed E-state index contributed by atoms with van der Waals surface area (Å²) in [5, 5.41) is 6.96. The van der Waals surface area contributed by atoms with Gasteiger partial charge in [-0.25, -0.2) is 9.67 Å². The minimum absolute atomic E-state index is 0.493. The second-order valence-corrected chi connectivity index (χ2v) is 3.18. The maximum atomic E-state index is 10.2. The fourth-order valence-electron chi connectivity index (χ4n) is 1.18. The van der Waals surface area contributed by atoms with Crippen LogP contribution in [0.15, 0.2) is 30.9 Å². The molecule has 1 amide bonds. The highest BCUT2D eigenvalue weighted by molar-refractivity contribution is 6.32. The Morgan fingerprint density at radius 3 is 2.93 bits per heavy atom. The van der Waals surface area contributed by atoms with Gasteiger partial charge in [-0.05, 0) is 18.2 Å². The monoisotopic (exact) mass is 222 g/mol. The molecule has 0 aliphatic heterocycles. The van der Waals surface area contributed by atoms with Crippen LogP contribution in [0.3, 0.4) is 0 Å². The first kappa shape index (κ1) is 9.67. The van der Waals surface area contributed by atoms with Gasteiger partial charge in [0.15, 0.2) is 0 Å². The Kier molecular flexibility index (Phi) is 2.64. The fourth-order valence-corrected chi connectivity index (χ4v) is 1.45. The van der Waals surface area contributed by atoms with Crippen LogP contribution in [0.25, 0.3) is 5.69 Å². The number of amides is 1. The van der Waals surface area contributed by atoms with Crippen molar-refractivity contribution in [3.8, 4) is 5.69 Å². The Morgan fingerprint density at radius 1 is 1.47 bits per heavy atom. The number of aromatic nitrogens is 3. The first-order valence-corrected chi connectivity index (χ1v) is 4.54. The summed E-state index contributed by atoms with van der Waals surface area (Å²) in [5.74, 6) is 0. The quantitative estimate of drug-likeness (QED) is 0.801. The molecular weight excluding hydrogens is 216 g/mol. The van der Waals surface area contributed by atoms with E-state index in [-0.39, 0.29) is 0 Å². The van der Waals surface area contributed by atoms with E-state index < -0.39 is 0 Å². The smallest absolute Gasteiger partial charge is 0.211 e. The Hall–Kier alpha value is -1.88. The first-order chi connectivity index (χ1) is 7.31. The van der Waals surface area contributed by atoms with E-state index in [4.69, 9.17) is 11.6 Å². The maximum absolute atomic E-state index is 10.2. The van der Waals surface area contributed by atoms with Crippen LogP contribution in [0.1, 0.15) is 0 Å². The van der Waals surface area contributed by atoms with Crippen molar-refractivity contribution in [2.24, 2.45) is 0 Å². The third kappa shape index (κ3) is 1.97. The molecule has 0 radical (unpaired) electrons. The Morgan fingerprint density at radius 2 is 2.33 bits per heavy atom. The van der Waals surface area contributed by atoms with Gasteiger partial charge in [-0.3, -0.25) is 4.79 Å². The number of halogens is 1. The van der Waals surface area contributed by atoms with Gasteiger partial charge in [-0.15, -0.1) is 0 Å². The largest absolute Gasteiger partial charge is 0.329 e. The second kappa shape index (κ2) is 4.10. The topological polar surface area (TPSA) is 59.8 Å². The molecule has 15 heavy (non-hydrogen) atoms. The van der Waals surface area contributed by atoms with Crippen LogP contribution in [-0.4, -0.2) is 21.2 Å². The van der Waals surface area contributed by atoms with Gasteiger partial charge in [-0.1, -0.05) is 11.6 Å². The second-order valence-electron chi connectivity index (χ2n) is 2.77. The van der Waals surface area contributed by atoms with Crippen molar-refractivity contribution in [3.63, 3.8) is 0 Å². The van der Waals surface area contributed by atoms with Crippen molar-refractivity contribution in [3.05, 3.63) is 35.9 Å². The molecule has 2 rings (SSSR count). The SMILES string of the molecule is O=CNc1ccc(-n2cncn2)c(Cl)c1. The van der Waals surface area contributed by atoms with Crippen LogP contribution < -0.4 is 5.32 Å². The predicted octanol–water partition coefficient (Wildman–Crippen LogP) is 1.49. The number of nitrogens with zero attached hydrogens (tertiary/aromatic N) is 3. The van der Waals surface area contributed by atoms with Crippen LogP contribution in [0.5, 0.6) is 0 Å². The summed E-state index contributed by atoms with van der Waals surface area (Å²) in [6.07, 6.45) is 3.57. The average Bonchev–Trinajstić information content (AvgIpc) is 2.71. The first-order valence-electron chi connectivity index (χ1n) is 4.16. The van der Waals surface area contributed by atoms with Crippen molar-refractivity contribution in [2.75, 3.05) is 5.32 Å². The van der Waals surface area contributed by atoms with E-state index in [1.54, 1.807) is 29.2 Å². The van der Waals surface area contributed by atoms with Gasteiger partial charge in [0.25, 0.3) is 0 Å². The third-order valence-corrected chi connectivity index (χ3v) is 2.14. The van der Waals surface area contributed by atoms with Gasteiger partial charge < -0.3 is 5.32 Å². The molecule has 0 bridgehead atoms. The lowest BCUT2D eigenvalue weighted by molar-refractivity contribution is -0.105. The van der Waals surface area contributed by atoms with Crippen molar-refractivity contribution in [1.82, 2.24) is 14.8 Å². The Bertz CT molecular complexity index is 469. The molecule has 1 aromatic heterocycles. The van der Waals surface area contributed by atoms with E-state index in [0.717, 1.165) is 0 Å². The molecule has 0 spiro atoms. The molecule has 0 atom stereocenters. The fraction of sp³-hybridized carbons (Fsp3) is 0. The normalized spacial score (nSPS) is 9.93. The molecule has 6 heteroatoms. The summed E-state index contributed by atoms with van der Waals surface area (Å²) in [6.45, 7) is 0. The summed E-state index contributed by atoms with van der Waals surface area (Å²) in [5.41, 5.74) is 1.35. The van der Waals surface area contributed by atoms with E-state index in [9.17, 15) is 4.79 Å². The van der Waals surface area contributed by atoms with Crippen molar-refractivity contribution in [1.29, 1.82) is 0 Å². The molecule has 1 N–H and O–H groups in total. The van der Waals surface area contributed by atoms with Gasteiger partial charge in [0.2, 0.25) is 6.41 Å². The zero-order chi connectivity index (χ0) is 10.7. The molecule has 1 aromatic carbocycles. The number of anilines is 1. The van der Waals surface area contributed by atoms with Crippen LogP contribution in [0.4, 0.5) is 5.69 Å². The zero-order valence-corrected chi connectivity index (χ0v) is 8.35. The average molecular weight is 223 g/mol. The molecule has 0 saturated heterocycles. The van der Waals surface area contributed by atoms with E-state index in [2.05, 4.69) is 15.4 Å². The lowest BCUT2D eigenvalue weighted by Gasteiger charge is -2.05. The number of hydrogen-bond acceptors (Lipinski definition) is 3. The molecule has 0 aliphatic carbocycles. The summed E-state index contributed by atoms with van der Waals surface area (Å²) < 4.78 is 1.55. The number of nitrogens with one attached hydrogen (secondary N) is 1. The number of benzene rings is 1.